The molecule has 1 heterocycles. The Morgan fingerprint density at radius 1 is 1.69 bits per heavy atom. The molecule has 1 aromatic rings. The molecule has 4 heteroatoms. The smallest absolute Gasteiger partial charge is 0.309 e. The molecular formula is C12H14ClNO2. The molecule has 1 aliphatic carbocycles. The summed E-state index contributed by atoms with van der Waals surface area (Å²) in [6.07, 6.45) is 5.70. The van der Waals surface area contributed by atoms with Crippen molar-refractivity contribution in [2.75, 3.05) is 0 Å². The molecule has 1 unspecified atom stereocenters. The van der Waals surface area contributed by atoms with E-state index in [9.17, 15) is 9.90 Å². The zero-order chi connectivity index (χ0) is 11.8. The third-order valence-corrected chi connectivity index (χ3v) is 3.72. The van der Waals surface area contributed by atoms with Crippen LogP contribution in [0.2, 0.25) is 5.02 Å². The molecule has 1 aliphatic rings. The number of halogens is 1. The van der Waals surface area contributed by atoms with Gasteiger partial charge >= 0.3 is 5.97 Å². The number of hydrogen-bond acceptors (Lipinski definition) is 2. The van der Waals surface area contributed by atoms with E-state index in [2.05, 4.69) is 4.98 Å². The molecule has 86 valence electrons. The quantitative estimate of drug-likeness (QED) is 0.879. The standard InChI is InChI=1S/C12H14ClNO2/c1-12(11(15)16,9-2-3-9)6-8-4-5-14-7-10(8)13/h4-5,7,9H,2-3,6H2,1H3,(H,15,16). The summed E-state index contributed by atoms with van der Waals surface area (Å²) in [6, 6.07) is 1.80. The number of pyridine rings is 1. The van der Waals surface area contributed by atoms with E-state index in [1.165, 1.54) is 0 Å². The van der Waals surface area contributed by atoms with Crippen molar-refractivity contribution in [3.8, 4) is 0 Å². The molecule has 0 bridgehead atoms. The van der Waals surface area contributed by atoms with Gasteiger partial charge in [-0.2, -0.15) is 0 Å². The Hall–Kier alpha value is -1.09. The number of aromatic nitrogens is 1. The minimum absolute atomic E-state index is 0.286. The van der Waals surface area contributed by atoms with Crippen molar-refractivity contribution < 1.29 is 9.90 Å². The first kappa shape index (κ1) is 11.4. The van der Waals surface area contributed by atoms with Gasteiger partial charge in [-0.25, -0.2) is 0 Å². The average molecular weight is 240 g/mol. The topological polar surface area (TPSA) is 50.2 Å². The van der Waals surface area contributed by atoms with Crippen LogP contribution >= 0.6 is 11.6 Å². The van der Waals surface area contributed by atoms with Gasteiger partial charge in [0.2, 0.25) is 0 Å². The second-order valence-electron chi connectivity index (χ2n) is 4.64. The zero-order valence-electron chi connectivity index (χ0n) is 9.11. The van der Waals surface area contributed by atoms with Crippen molar-refractivity contribution in [1.29, 1.82) is 0 Å². The van der Waals surface area contributed by atoms with Crippen molar-refractivity contribution in [2.24, 2.45) is 11.3 Å². The van der Waals surface area contributed by atoms with Gasteiger partial charge in [-0.15, -0.1) is 0 Å². The predicted molar refractivity (Wildman–Crippen MR) is 61.4 cm³/mol. The molecule has 0 spiro atoms. The number of aliphatic carboxylic acids is 1. The van der Waals surface area contributed by atoms with Crippen LogP contribution in [0.4, 0.5) is 0 Å². The van der Waals surface area contributed by atoms with Crippen LogP contribution in [-0.4, -0.2) is 16.1 Å². The lowest BCUT2D eigenvalue weighted by atomic mass is 9.79. The molecule has 0 radical (unpaired) electrons. The van der Waals surface area contributed by atoms with Crippen LogP contribution in [0.3, 0.4) is 0 Å². The highest BCUT2D eigenvalue weighted by atomic mass is 35.5. The molecule has 0 aromatic carbocycles. The van der Waals surface area contributed by atoms with Crippen molar-refractivity contribution in [3.63, 3.8) is 0 Å². The Kier molecular flexibility index (Phi) is 2.89. The van der Waals surface area contributed by atoms with Crippen LogP contribution in [0.1, 0.15) is 25.3 Å². The van der Waals surface area contributed by atoms with Gasteiger partial charge in [-0.1, -0.05) is 11.6 Å². The van der Waals surface area contributed by atoms with Crippen LogP contribution in [0.25, 0.3) is 0 Å². The van der Waals surface area contributed by atoms with Crippen LogP contribution in [0.5, 0.6) is 0 Å². The third kappa shape index (κ3) is 2.05. The number of carboxylic acids is 1. The van der Waals surface area contributed by atoms with Gasteiger partial charge in [-0.05, 0) is 43.7 Å². The minimum Gasteiger partial charge on any atom is -0.481 e. The molecule has 1 atom stereocenters. The number of hydrogen-bond donors (Lipinski definition) is 1. The maximum Gasteiger partial charge on any atom is 0.309 e. The molecule has 0 saturated heterocycles. The number of nitrogens with zero attached hydrogens (tertiary/aromatic N) is 1. The summed E-state index contributed by atoms with van der Waals surface area (Å²) < 4.78 is 0. The van der Waals surface area contributed by atoms with Crippen LogP contribution in [0.15, 0.2) is 18.5 Å². The average Bonchev–Trinajstić information content (AvgIpc) is 3.04. The van der Waals surface area contributed by atoms with E-state index in [0.717, 1.165) is 18.4 Å². The molecule has 16 heavy (non-hydrogen) atoms. The first-order valence-corrected chi connectivity index (χ1v) is 5.73. The molecular weight excluding hydrogens is 226 g/mol. The summed E-state index contributed by atoms with van der Waals surface area (Å²) in [7, 11) is 0. The monoisotopic (exact) mass is 239 g/mol. The van der Waals surface area contributed by atoms with E-state index in [0.29, 0.717) is 11.4 Å². The Morgan fingerprint density at radius 2 is 2.38 bits per heavy atom. The van der Waals surface area contributed by atoms with E-state index >= 15 is 0 Å². The van der Waals surface area contributed by atoms with Crippen molar-refractivity contribution in [2.45, 2.75) is 26.2 Å². The molecule has 1 fully saturated rings. The fourth-order valence-electron chi connectivity index (χ4n) is 2.06. The van der Waals surface area contributed by atoms with Crippen molar-refractivity contribution in [3.05, 3.63) is 29.0 Å². The van der Waals surface area contributed by atoms with E-state index in [4.69, 9.17) is 11.6 Å². The van der Waals surface area contributed by atoms with Gasteiger partial charge in [0.25, 0.3) is 0 Å². The lowest BCUT2D eigenvalue weighted by molar-refractivity contribution is -0.149. The fourth-order valence-corrected chi connectivity index (χ4v) is 2.24. The van der Waals surface area contributed by atoms with Crippen molar-refractivity contribution in [1.82, 2.24) is 4.98 Å². The van der Waals surface area contributed by atoms with Gasteiger partial charge in [-0.3, -0.25) is 9.78 Å². The van der Waals surface area contributed by atoms with E-state index in [1.54, 1.807) is 18.5 Å². The molecule has 3 nitrogen and oxygen atoms in total. The lowest BCUT2D eigenvalue weighted by Crippen LogP contribution is -2.32. The highest BCUT2D eigenvalue weighted by Crippen LogP contribution is 2.48. The Bertz CT molecular complexity index is 417. The fraction of sp³-hybridized carbons (Fsp3) is 0.500. The highest BCUT2D eigenvalue weighted by Gasteiger charge is 2.47. The Morgan fingerprint density at radius 3 is 2.88 bits per heavy atom. The lowest BCUT2D eigenvalue weighted by Gasteiger charge is -2.24. The first-order chi connectivity index (χ1) is 7.54. The van der Waals surface area contributed by atoms with Crippen LogP contribution < -0.4 is 0 Å². The third-order valence-electron chi connectivity index (χ3n) is 3.38. The summed E-state index contributed by atoms with van der Waals surface area (Å²) in [5.41, 5.74) is 0.179. The summed E-state index contributed by atoms with van der Waals surface area (Å²) >= 11 is 6.00. The number of carbonyl (C=O) groups is 1. The second-order valence-corrected chi connectivity index (χ2v) is 5.05. The molecule has 1 saturated carbocycles. The van der Waals surface area contributed by atoms with Crippen LogP contribution in [-0.2, 0) is 11.2 Å². The largest absolute Gasteiger partial charge is 0.481 e. The van der Waals surface area contributed by atoms with Gasteiger partial charge in [0.1, 0.15) is 0 Å². The van der Waals surface area contributed by atoms with E-state index < -0.39 is 11.4 Å². The molecule has 0 aliphatic heterocycles. The molecule has 1 aromatic heterocycles. The first-order valence-electron chi connectivity index (χ1n) is 5.36. The molecule has 0 amide bonds. The number of carboxylic acid groups (broad SMARTS) is 1. The van der Waals surface area contributed by atoms with Gasteiger partial charge in [0.05, 0.1) is 10.4 Å². The Labute approximate surface area is 99.5 Å². The summed E-state index contributed by atoms with van der Waals surface area (Å²) in [6.45, 7) is 1.81. The molecule has 2 rings (SSSR count). The van der Waals surface area contributed by atoms with Gasteiger partial charge < -0.3 is 5.11 Å². The second kappa shape index (κ2) is 4.06. The number of rotatable bonds is 4. The van der Waals surface area contributed by atoms with Crippen LogP contribution in [0, 0.1) is 11.3 Å². The van der Waals surface area contributed by atoms with E-state index in [-0.39, 0.29) is 5.92 Å². The minimum atomic E-state index is -0.733. The summed E-state index contributed by atoms with van der Waals surface area (Å²) in [5, 5.41) is 9.89. The Balaban J connectivity index is 2.24. The molecule has 1 N–H and O–H groups in total. The maximum absolute atomic E-state index is 11.4. The predicted octanol–water partition coefficient (Wildman–Crippen LogP) is 2.78. The zero-order valence-corrected chi connectivity index (χ0v) is 9.87. The summed E-state index contributed by atoms with van der Waals surface area (Å²) in [4.78, 5) is 15.3. The SMILES string of the molecule is CC(Cc1ccncc1Cl)(C(=O)O)C1CC1. The maximum atomic E-state index is 11.4. The highest BCUT2D eigenvalue weighted by molar-refractivity contribution is 6.31. The van der Waals surface area contributed by atoms with Crippen molar-refractivity contribution >= 4 is 17.6 Å². The summed E-state index contributed by atoms with van der Waals surface area (Å²) in [5.74, 6) is -0.447. The van der Waals surface area contributed by atoms with E-state index in [1.807, 2.05) is 6.92 Å². The van der Waals surface area contributed by atoms with Gasteiger partial charge in [0, 0.05) is 12.4 Å². The normalized spacial score (nSPS) is 19.1. The van der Waals surface area contributed by atoms with Gasteiger partial charge in [0.15, 0.2) is 0 Å².